The molecule has 5 nitrogen and oxygen atoms in total. The second-order valence-electron chi connectivity index (χ2n) is 6.82. The summed E-state index contributed by atoms with van der Waals surface area (Å²) < 4.78 is 5.33. The lowest BCUT2D eigenvalue weighted by molar-refractivity contribution is -0.144. The number of ether oxygens (including phenoxy) is 1. The monoisotopic (exact) mass is 462 g/mol. The molecule has 0 saturated heterocycles. The van der Waals surface area contributed by atoms with Gasteiger partial charge in [0, 0.05) is 17.3 Å². The van der Waals surface area contributed by atoms with Crippen molar-refractivity contribution in [3.8, 4) is 0 Å². The largest absolute Gasteiger partial charge is 0.459 e. The number of thiazole rings is 1. The zero-order valence-electron chi connectivity index (χ0n) is 16.7. The van der Waals surface area contributed by atoms with Crippen LogP contribution in [0, 0.1) is 13.8 Å². The van der Waals surface area contributed by atoms with Crippen LogP contribution >= 0.6 is 34.5 Å². The quantitative estimate of drug-likeness (QED) is 0.419. The molecule has 1 aromatic heterocycles. The molecule has 0 N–H and O–H groups in total. The van der Waals surface area contributed by atoms with Crippen LogP contribution in [-0.2, 0) is 27.4 Å². The van der Waals surface area contributed by atoms with Crippen LogP contribution in [0.4, 0.5) is 10.8 Å². The number of nitrogens with zero attached hydrogens (tertiary/aromatic N) is 2. The lowest BCUT2D eigenvalue weighted by Crippen LogP contribution is -2.24. The Labute approximate surface area is 189 Å². The highest BCUT2D eigenvalue weighted by molar-refractivity contribution is 7.14. The third-order valence-corrected chi connectivity index (χ3v) is 5.87. The van der Waals surface area contributed by atoms with Crippen molar-refractivity contribution in [1.82, 2.24) is 4.98 Å². The fraction of sp³-hybridized carbons (Fsp3) is 0.227. The van der Waals surface area contributed by atoms with E-state index in [1.807, 2.05) is 32.0 Å². The van der Waals surface area contributed by atoms with Crippen molar-refractivity contribution in [2.24, 2.45) is 0 Å². The number of carbonyl (C=O) groups is 2. The normalized spacial score (nSPS) is 10.7. The summed E-state index contributed by atoms with van der Waals surface area (Å²) >= 11 is 13.8. The first-order chi connectivity index (χ1) is 14.3. The minimum atomic E-state index is -0.404. The van der Waals surface area contributed by atoms with Gasteiger partial charge < -0.3 is 4.74 Å². The van der Waals surface area contributed by atoms with Gasteiger partial charge in [-0.25, -0.2) is 4.98 Å². The summed E-state index contributed by atoms with van der Waals surface area (Å²) in [5, 5.41) is 3.22. The Balaban J connectivity index is 1.74. The number of benzene rings is 2. The lowest BCUT2D eigenvalue weighted by atomic mass is 10.1. The third-order valence-electron chi connectivity index (χ3n) is 4.34. The molecule has 0 aliphatic heterocycles. The highest BCUT2D eigenvalue weighted by Crippen LogP contribution is 2.37. The number of anilines is 2. The van der Waals surface area contributed by atoms with E-state index in [1.54, 1.807) is 23.6 Å². The zero-order valence-corrected chi connectivity index (χ0v) is 19.1. The first-order valence-corrected chi connectivity index (χ1v) is 10.8. The van der Waals surface area contributed by atoms with Gasteiger partial charge in [-0.05, 0) is 42.7 Å². The molecule has 3 aromatic rings. The Bertz CT molecular complexity index is 1070. The molecule has 1 amide bonds. The van der Waals surface area contributed by atoms with Gasteiger partial charge in [-0.3, -0.25) is 14.5 Å². The molecule has 0 bridgehead atoms. The molecule has 30 heavy (non-hydrogen) atoms. The second kappa shape index (κ2) is 9.60. The summed E-state index contributed by atoms with van der Waals surface area (Å²) in [6.07, 6.45) is 0.0778. The van der Waals surface area contributed by atoms with E-state index in [2.05, 4.69) is 4.98 Å². The molecule has 0 fully saturated rings. The average molecular weight is 463 g/mol. The predicted octanol–water partition coefficient (Wildman–Crippen LogP) is 6.04. The van der Waals surface area contributed by atoms with Gasteiger partial charge in [0.2, 0.25) is 5.91 Å². The molecule has 2 aromatic carbocycles. The first-order valence-electron chi connectivity index (χ1n) is 9.17. The summed E-state index contributed by atoms with van der Waals surface area (Å²) in [5.74, 6) is -0.612. The van der Waals surface area contributed by atoms with Gasteiger partial charge in [-0.15, -0.1) is 11.3 Å². The fourth-order valence-corrected chi connectivity index (χ4v) is 4.51. The van der Waals surface area contributed by atoms with Crippen LogP contribution < -0.4 is 4.90 Å². The second-order valence-corrected chi connectivity index (χ2v) is 8.47. The van der Waals surface area contributed by atoms with E-state index < -0.39 is 5.97 Å². The van der Waals surface area contributed by atoms with E-state index in [-0.39, 0.29) is 18.9 Å². The maximum Gasteiger partial charge on any atom is 0.310 e. The van der Waals surface area contributed by atoms with Gasteiger partial charge in [-0.1, -0.05) is 47.5 Å². The van der Waals surface area contributed by atoms with Gasteiger partial charge >= 0.3 is 5.97 Å². The van der Waals surface area contributed by atoms with Gasteiger partial charge in [0.25, 0.3) is 0 Å². The van der Waals surface area contributed by atoms with Crippen molar-refractivity contribution < 1.29 is 14.3 Å². The highest BCUT2D eigenvalue weighted by Gasteiger charge is 2.23. The topological polar surface area (TPSA) is 59.5 Å². The van der Waals surface area contributed by atoms with E-state index >= 15 is 0 Å². The molecule has 0 aliphatic rings. The number of aryl methyl sites for hydroxylation is 2. The Morgan fingerprint density at radius 1 is 1.13 bits per heavy atom. The Kier molecular flexibility index (Phi) is 7.13. The maximum atomic E-state index is 12.4. The highest BCUT2D eigenvalue weighted by atomic mass is 35.5. The van der Waals surface area contributed by atoms with Crippen molar-refractivity contribution in [1.29, 1.82) is 0 Å². The van der Waals surface area contributed by atoms with Crippen molar-refractivity contribution in [2.75, 3.05) is 4.90 Å². The fourth-order valence-electron chi connectivity index (χ4n) is 3.05. The summed E-state index contributed by atoms with van der Waals surface area (Å²) in [6.45, 7) is 5.31. The van der Waals surface area contributed by atoms with Gasteiger partial charge in [-0.2, -0.15) is 0 Å². The number of amides is 1. The van der Waals surface area contributed by atoms with E-state index in [9.17, 15) is 9.59 Å². The standard InChI is InChI=1S/C22H20Cl2N2O3S/c1-13-8-14(2)21(19(24)9-13)26(15(3)27)22-25-17(12-30-22)11-29-20(28)10-16-6-4-5-7-18(16)23/h4-9,12H,10-11H2,1-3H3. The third kappa shape index (κ3) is 5.19. The van der Waals surface area contributed by atoms with Crippen molar-refractivity contribution in [3.05, 3.63) is 74.2 Å². The van der Waals surface area contributed by atoms with E-state index in [0.29, 0.717) is 32.1 Å². The molecular weight excluding hydrogens is 443 g/mol. The minimum absolute atomic E-state index is 0.00609. The van der Waals surface area contributed by atoms with Crippen molar-refractivity contribution >= 4 is 57.2 Å². The molecule has 156 valence electrons. The van der Waals surface area contributed by atoms with E-state index in [4.69, 9.17) is 27.9 Å². The first kappa shape index (κ1) is 22.3. The SMILES string of the molecule is CC(=O)N(c1nc(COC(=O)Cc2ccccc2Cl)cs1)c1c(C)cc(C)cc1Cl. The van der Waals surface area contributed by atoms with E-state index in [0.717, 1.165) is 11.1 Å². The number of carbonyl (C=O) groups excluding carboxylic acids is 2. The molecular formula is C22H20Cl2N2O3S. The molecule has 0 spiro atoms. The summed E-state index contributed by atoms with van der Waals surface area (Å²) in [5.41, 5.74) is 3.74. The number of hydrogen-bond acceptors (Lipinski definition) is 5. The Morgan fingerprint density at radius 2 is 1.87 bits per heavy atom. The number of aromatic nitrogens is 1. The van der Waals surface area contributed by atoms with Gasteiger partial charge in [0.15, 0.2) is 5.13 Å². The molecule has 0 aliphatic carbocycles. The summed E-state index contributed by atoms with van der Waals surface area (Å²) in [7, 11) is 0. The van der Waals surface area contributed by atoms with Crippen LogP contribution in [0.15, 0.2) is 41.8 Å². The number of halogens is 2. The molecule has 8 heteroatoms. The van der Waals surface area contributed by atoms with Crippen LogP contribution in [0.3, 0.4) is 0 Å². The minimum Gasteiger partial charge on any atom is -0.459 e. The maximum absolute atomic E-state index is 12.4. The summed E-state index contributed by atoms with van der Waals surface area (Å²) in [4.78, 5) is 30.5. The number of rotatable bonds is 6. The molecule has 0 atom stereocenters. The van der Waals surface area contributed by atoms with Gasteiger partial charge in [0.1, 0.15) is 6.61 Å². The van der Waals surface area contributed by atoms with Crippen molar-refractivity contribution in [2.45, 2.75) is 33.8 Å². The molecule has 0 unspecified atom stereocenters. The molecule has 0 saturated carbocycles. The lowest BCUT2D eigenvalue weighted by Gasteiger charge is -2.22. The predicted molar refractivity (Wildman–Crippen MR) is 121 cm³/mol. The Morgan fingerprint density at radius 3 is 2.53 bits per heavy atom. The zero-order chi connectivity index (χ0) is 21.8. The molecule has 0 radical (unpaired) electrons. The average Bonchev–Trinajstić information content (AvgIpc) is 3.13. The van der Waals surface area contributed by atoms with Crippen LogP contribution in [0.1, 0.15) is 29.3 Å². The van der Waals surface area contributed by atoms with Crippen LogP contribution in [0.5, 0.6) is 0 Å². The van der Waals surface area contributed by atoms with Crippen LogP contribution in [0.25, 0.3) is 0 Å². The Hall–Kier alpha value is -2.41. The van der Waals surface area contributed by atoms with E-state index in [1.165, 1.54) is 23.2 Å². The van der Waals surface area contributed by atoms with Crippen LogP contribution in [-0.4, -0.2) is 16.9 Å². The molecule has 1 heterocycles. The number of hydrogen-bond donors (Lipinski definition) is 0. The van der Waals surface area contributed by atoms with Crippen molar-refractivity contribution in [3.63, 3.8) is 0 Å². The van der Waals surface area contributed by atoms with Gasteiger partial charge in [0.05, 0.1) is 22.8 Å². The molecule has 3 rings (SSSR count). The smallest absolute Gasteiger partial charge is 0.310 e. The number of esters is 1. The van der Waals surface area contributed by atoms with Crippen LogP contribution in [0.2, 0.25) is 10.0 Å². The summed E-state index contributed by atoms with van der Waals surface area (Å²) in [6, 6.07) is 10.9.